The highest BCUT2D eigenvalue weighted by Crippen LogP contribution is 2.10. The Morgan fingerprint density at radius 3 is 2.65 bits per heavy atom. The summed E-state index contributed by atoms with van der Waals surface area (Å²) in [6, 6.07) is 15.1. The molecule has 1 aromatic heterocycles. The summed E-state index contributed by atoms with van der Waals surface area (Å²) < 4.78 is 0. The molecule has 1 atom stereocenters. The lowest BCUT2D eigenvalue weighted by Crippen LogP contribution is -2.15. The fourth-order valence-electron chi connectivity index (χ4n) is 1.83. The molecule has 0 saturated heterocycles. The first-order valence-corrected chi connectivity index (χ1v) is 6.05. The van der Waals surface area contributed by atoms with Crippen LogP contribution in [0.1, 0.15) is 18.9 Å². The highest BCUT2D eigenvalue weighted by molar-refractivity contribution is 5.40. The van der Waals surface area contributed by atoms with Crippen molar-refractivity contribution in [1.82, 2.24) is 4.98 Å². The smallest absolute Gasteiger partial charge is 0.0528 e. The van der Waals surface area contributed by atoms with E-state index in [2.05, 4.69) is 47.6 Å². The summed E-state index contributed by atoms with van der Waals surface area (Å²) in [7, 11) is 0. The lowest BCUT2D eigenvalue weighted by molar-refractivity contribution is 0.706. The molecule has 0 aliphatic carbocycles. The van der Waals surface area contributed by atoms with Crippen LogP contribution in [0.3, 0.4) is 0 Å². The summed E-state index contributed by atoms with van der Waals surface area (Å²) in [5, 5.41) is 3.45. The van der Waals surface area contributed by atoms with Gasteiger partial charge in [-0.05, 0) is 37.5 Å². The quantitative estimate of drug-likeness (QED) is 0.843. The Labute approximate surface area is 103 Å². The molecular weight excluding hydrogens is 208 g/mol. The average Bonchev–Trinajstić information content (AvgIpc) is 2.39. The topological polar surface area (TPSA) is 24.9 Å². The van der Waals surface area contributed by atoms with Crippen LogP contribution in [0.5, 0.6) is 0 Å². The maximum atomic E-state index is 4.09. The Balaban J connectivity index is 1.80. The van der Waals surface area contributed by atoms with Crippen molar-refractivity contribution in [3.8, 4) is 0 Å². The fourth-order valence-corrected chi connectivity index (χ4v) is 1.83. The first-order chi connectivity index (χ1) is 8.34. The molecule has 0 aliphatic rings. The number of rotatable bonds is 5. The zero-order valence-electron chi connectivity index (χ0n) is 10.1. The van der Waals surface area contributed by atoms with Gasteiger partial charge in [-0.15, -0.1) is 0 Å². The third-order valence-electron chi connectivity index (χ3n) is 2.78. The standard InChI is InChI=1S/C15H18N2/c1-13(17-15-8-5-11-16-12-15)9-10-14-6-3-2-4-7-14/h2-8,11-13,17H,9-10H2,1H3. The van der Waals surface area contributed by atoms with Gasteiger partial charge in [0.25, 0.3) is 0 Å². The third-order valence-corrected chi connectivity index (χ3v) is 2.78. The Bertz CT molecular complexity index is 425. The second-order valence-electron chi connectivity index (χ2n) is 4.31. The van der Waals surface area contributed by atoms with Gasteiger partial charge in [-0.2, -0.15) is 0 Å². The predicted octanol–water partition coefficient (Wildman–Crippen LogP) is 3.51. The highest BCUT2D eigenvalue weighted by atomic mass is 14.9. The number of aromatic nitrogens is 1. The molecule has 0 bridgehead atoms. The number of aryl methyl sites for hydroxylation is 1. The van der Waals surface area contributed by atoms with Crippen molar-refractivity contribution in [2.24, 2.45) is 0 Å². The number of nitrogens with one attached hydrogen (secondary N) is 1. The fraction of sp³-hybridized carbons (Fsp3) is 0.267. The molecule has 2 nitrogen and oxygen atoms in total. The van der Waals surface area contributed by atoms with E-state index in [4.69, 9.17) is 0 Å². The van der Waals surface area contributed by atoms with Gasteiger partial charge in [0.15, 0.2) is 0 Å². The lowest BCUT2D eigenvalue weighted by atomic mass is 10.1. The van der Waals surface area contributed by atoms with Crippen LogP contribution in [-0.4, -0.2) is 11.0 Å². The van der Waals surface area contributed by atoms with E-state index < -0.39 is 0 Å². The highest BCUT2D eigenvalue weighted by Gasteiger charge is 2.02. The molecule has 0 spiro atoms. The summed E-state index contributed by atoms with van der Waals surface area (Å²) in [4.78, 5) is 4.09. The number of nitrogens with zero attached hydrogens (tertiary/aromatic N) is 1. The van der Waals surface area contributed by atoms with Gasteiger partial charge in [0.1, 0.15) is 0 Å². The Kier molecular flexibility index (Phi) is 4.14. The van der Waals surface area contributed by atoms with Gasteiger partial charge in [0.05, 0.1) is 5.69 Å². The van der Waals surface area contributed by atoms with E-state index in [1.807, 2.05) is 18.3 Å². The minimum atomic E-state index is 0.458. The van der Waals surface area contributed by atoms with Gasteiger partial charge in [0.2, 0.25) is 0 Å². The Hall–Kier alpha value is -1.83. The van der Waals surface area contributed by atoms with Crippen LogP contribution in [0.15, 0.2) is 54.9 Å². The zero-order chi connectivity index (χ0) is 11.9. The summed E-state index contributed by atoms with van der Waals surface area (Å²) in [6.45, 7) is 2.20. The molecule has 2 rings (SSSR count). The minimum Gasteiger partial charge on any atom is -0.381 e. The van der Waals surface area contributed by atoms with Crippen LogP contribution in [0, 0.1) is 0 Å². The maximum Gasteiger partial charge on any atom is 0.0528 e. The van der Waals surface area contributed by atoms with Crippen molar-refractivity contribution in [2.75, 3.05) is 5.32 Å². The normalized spacial score (nSPS) is 12.1. The molecule has 0 amide bonds. The van der Waals surface area contributed by atoms with E-state index >= 15 is 0 Å². The molecule has 1 N–H and O–H groups in total. The summed E-state index contributed by atoms with van der Waals surface area (Å²) in [5.41, 5.74) is 2.49. The number of anilines is 1. The van der Waals surface area contributed by atoms with Crippen LogP contribution in [-0.2, 0) is 6.42 Å². The summed E-state index contributed by atoms with van der Waals surface area (Å²) in [5.74, 6) is 0. The van der Waals surface area contributed by atoms with Crippen molar-refractivity contribution in [3.63, 3.8) is 0 Å². The van der Waals surface area contributed by atoms with E-state index in [1.54, 1.807) is 6.20 Å². The van der Waals surface area contributed by atoms with E-state index in [9.17, 15) is 0 Å². The van der Waals surface area contributed by atoms with Gasteiger partial charge in [-0.3, -0.25) is 4.98 Å². The Morgan fingerprint density at radius 2 is 1.94 bits per heavy atom. The van der Waals surface area contributed by atoms with Crippen molar-refractivity contribution in [2.45, 2.75) is 25.8 Å². The SMILES string of the molecule is CC(CCc1ccccc1)Nc1cccnc1. The van der Waals surface area contributed by atoms with Crippen molar-refractivity contribution < 1.29 is 0 Å². The zero-order valence-corrected chi connectivity index (χ0v) is 10.1. The van der Waals surface area contributed by atoms with Gasteiger partial charge in [-0.1, -0.05) is 30.3 Å². The Morgan fingerprint density at radius 1 is 1.12 bits per heavy atom. The number of hydrogen-bond donors (Lipinski definition) is 1. The molecule has 1 aromatic carbocycles. The van der Waals surface area contributed by atoms with E-state index in [0.29, 0.717) is 6.04 Å². The first kappa shape index (κ1) is 11.6. The van der Waals surface area contributed by atoms with Crippen molar-refractivity contribution in [3.05, 3.63) is 60.4 Å². The lowest BCUT2D eigenvalue weighted by Gasteiger charge is -2.14. The first-order valence-electron chi connectivity index (χ1n) is 6.05. The molecule has 1 heterocycles. The molecule has 0 fully saturated rings. The molecule has 1 unspecified atom stereocenters. The second-order valence-corrected chi connectivity index (χ2v) is 4.31. The van der Waals surface area contributed by atoms with Gasteiger partial charge < -0.3 is 5.32 Å². The number of hydrogen-bond acceptors (Lipinski definition) is 2. The molecule has 0 aliphatic heterocycles. The molecule has 0 saturated carbocycles. The largest absolute Gasteiger partial charge is 0.381 e. The van der Waals surface area contributed by atoms with Gasteiger partial charge >= 0.3 is 0 Å². The van der Waals surface area contributed by atoms with Crippen LogP contribution >= 0.6 is 0 Å². The predicted molar refractivity (Wildman–Crippen MR) is 72.1 cm³/mol. The van der Waals surface area contributed by atoms with E-state index in [1.165, 1.54) is 5.56 Å². The van der Waals surface area contributed by atoms with Crippen LogP contribution in [0.4, 0.5) is 5.69 Å². The van der Waals surface area contributed by atoms with Crippen molar-refractivity contribution in [1.29, 1.82) is 0 Å². The van der Waals surface area contributed by atoms with Crippen LogP contribution in [0.25, 0.3) is 0 Å². The van der Waals surface area contributed by atoms with Crippen LogP contribution in [0.2, 0.25) is 0 Å². The molecule has 17 heavy (non-hydrogen) atoms. The van der Waals surface area contributed by atoms with E-state index in [-0.39, 0.29) is 0 Å². The molecule has 0 radical (unpaired) electrons. The average molecular weight is 226 g/mol. The van der Waals surface area contributed by atoms with Gasteiger partial charge in [0, 0.05) is 18.4 Å². The molecular formula is C15H18N2. The molecule has 2 aromatic rings. The maximum absolute atomic E-state index is 4.09. The summed E-state index contributed by atoms with van der Waals surface area (Å²) in [6.07, 6.45) is 5.88. The van der Waals surface area contributed by atoms with Crippen LogP contribution < -0.4 is 5.32 Å². The van der Waals surface area contributed by atoms with E-state index in [0.717, 1.165) is 18.5 Å². The van der Waals surface area contributed by atoms with Crippen molar-refractivity contribution >= 4 is 5.69 Å². The minimum absolute atomic E-state index is 0.458. The second kappa shape index (κ2) is 6.04. The molecule has 2 heteroatoms. The number of benzene rings is 1. The third kappa shape index (κ3) is 3.91. The molecule has 88 valence electrons. The number of pyridine rings is 1. The monoisotopic (exact) mass is 226 g/mol. The van der Waals surface area contributed by atoms with Gasteiger partial charge in [-0.25, -0.2) is 0 Å². The summed E-state index contributed by atoms with van der Waals surface area (Å²) >= 11 is 0.